The molecule has 1 aromatic carbocycles. The number of nitrogens with zero attached hydrogens (tertiary/aromatic N) is 1. The molecule has 4 atom stereocenters. The Balaban J connectivity index is 1.86. The molecule has 198 valence electrons. The van der Waals surface area contributed by atoms with E-state index in [0.717, 1.165) is 36.0 Å². The minimum Gasteiger partial charge on any atom is -0.505 e. The molecule has 0 radical (unpaired) electrons. The molecule has 0 bridgehead atoms. The summed E-state index contributed by atoms with van der Waals surface area (Å²) in [5.74, 6) is -3.09. The van der Waals surface area contributed by atoms with Crippen molar-refractivity contribution in [1.82, 2.24) is 4.90 Å². The lowest BCUT2D eigenvalue weighted by Gasteiger charge is -2.36. The van der Waals surface area contributed by atoms with Crippen molar-refractivity contribution < 1.29 is 29.3 Å². The van der Waals surface area contributed by atoms with E-state index in [1.54, 1.807) is 6.07 Å². The number of allylic oxidation sites excluding steroid dienone is 2. The van der Waals surface area contributed by atoms with E-state index in [4.69, 9.17) is 0 Å². The average Bonchev–Trinajstić information content (AvgIpc) is 3.09. The first kappa shape index (κ1) is 28.1. The third kappa shape index (κ3) is 5.89. The molecule has 2 amide bonds. The van der Waals surface area contributed by atoms with Gasteiger partial charge in [0.25, 0.3) is 0 Å². The first-order valence-corrected chi connectivity index (χ1v) is 13.3. The van der Waals surface area contributed by atoms with Crippen LogP contribution in [-0.4, -0.2) is 51.3 Å². The molecule has 1 heterocycles. The van der Waals surface area contributed by atoms with Gasteiger partial charge < -0.3 is 15.3 Å². The molecule has 1 saturated heterocycles. The lowest BCUT2D eigenvalue weighted by molar-refractivity contribution is -0.140. The van der Waals surface area contributed by atoms with Crippen molar-refractivity contribution >= 4 is 17.9 Å². The largest absolute Gasteiger partial charge is 0.505 e. The van der Waals surface area contributed by atoms with E-state index < -0.39 is 35.4 Å². The highest BCUT2D eigenvalue weighted by Gasteiger charge is 2.54. The van der Waals surface area contributed by atoms with Crippen molar-refractivity contribution in [1.29, 1.82) is 0 Å². The smallest absolute Gasteiger partial charge is 0.233 e. The number of aromatic hydroxyl groups is 1. The number of carbonyl (C=O) groups excluding carboxylic acids is 2. The van der Waals surface area contributed by atoms with Crippen molar-refractivity contribution in [2.24, 2.45) is 17.8 Å². The molecule has 1 aromatic rings. The number of aliphatic hydroxyl groups is 2. The molecule has 1 aliphatic heterocycles. The van der Waals surface area contributed by atoms with Crippen molar-refractivity contribution in [2.75, 3.05) is 13.2 Å². The fraction of sp³-hybridized carbons (Fsp3) is 0.586. The zero-order chi connectivity index (χ0) is 26.4. The van der Waals surface area contributed by atoms with Gasteiger partial charge in [-0.3, -0.25) is 14.5 Å². The predicted octanol–water partition coefficient (Wildman–Crippen LogP) is 4.98. The number of phenols is 1. The maximum Gasteiger partial charge on any atom is 0.233 e. The number of imide groups is 1. The summed E-state index contributed by atoms with van der Waals surface area (Å²) in [7, 11) is 0. The van der Waals surface area contributed by atoms with E-state index in [1.165, 1.54) is 17.0 Å². The van der Waals surface area contributed by atoms with Gasteiger partial charge in [0.05, 0.1) is 24.5 Å². The van der Waals surface area contributed by atoms with Gasteiger partial charge in [0.2, 0.25) is 11.8 Å². The van der Waals surface area contributed by atoms with Gasteiger partial charge in [-0.1, -0.05) is 56.9 Å². The average molecular weight is 502 g/mol. The maximum atomic E-state index is 13.8. The Bertz CT molecular complexity index is 1020. The predicted molar refractivity (Wildman–Crippen MR) is 137 cm³/mol. The van der Waals surface area contributed by atoms with Crippen LogP contribution in [-0.2, 0) is 9.59 Å². The molecule has 3 rings (SSSR count). The topological polar surface area (TPSA) is 98.1 Å². The number of hydrogen-bond donors (Lipinski definition) is 3. The van der Waals surface area contributed by atoms with Crippen LogP contribution in [0.3, 0.4) is 0 Å². The molecule has 0 spiro atoms. The van der Waals surface area contributed by atoms with Gasteiger partial charge in [-0.2, -0.15) is 0 Å². The van der Waals surface area contributed by atoms with Crippen LogP contribution >= 0.6 is 0 Å². The Labute approximate surface area is 213 Å². The summed E-state index contributed by atoms with van der Waals surface area (Å²) in [6, 6.07) is 4.27. The molecule has 0 saturated carbocycles. The molecule has 0 aromatic heterocycles. The Hall–Kier alpha value is -2.51. The van der Waals surface area contributed by atoms with Crippen LogP contribution in [0.15, 0.2) is 34.9 Å². The van der Waals surface area contributed by atoms with E-state index in [1.807, 2.05) is 19.9 Å². The molecule has 36 heavy (non-hydrogen) atoms. The highest BCUT2D eigenvalue weighted by Crippen LogP contribution is 2.47. The molecule has 1 fully saturated rings. The third-order valence-corrected chi connectivity index (χ3v) is 7.48. The van der Waals surface area contributed by atoms with Gasteiger partial charge in [-0.15, -0.1) is 0 Å². The standard InChI is InChI=1S/C29H40FNO5/c1-4-7-18(14-19-10-11-24(33)23(30)15-19)9-12-25(34)26-20(8-5-2)16-21-27(22(26)17-32)29(36)31(13-6-3)28(21)35/h10-11,14-15,21-22,25,27,32-34H,4-9,12-13,16-17H2,1-3H3/b18-14+/t21-,22+,25-,27-/m1/s1. The number of fused-ring (bicyclic) bond motifs is 1. The number of carbonyl (C=O) groups is 2. The zero-order valence-electron chi connectivity index (χ0n) is 21.7. The van der Waals surface area contributed by atoms with Gasteiger partial charge in [0, 0.05) is 12.5 Å². The number of phenolic OH excluding ortho intramolecular Hbond substituents is 1. The molecule has 2 aliphatic rings. The van der Waals surface area contributed by atoms with Gasteiger partial charge in [-0.25, -0.2) is 4.39 Å². The van der Waals surface area contributed by atoms with Crippen LogP contribution in [0.4, 0.5) is 4.39 Å². The summed E-state index contributed by atoms with van der Waals surface area (Å²) in [5, 5.41) is 31.2. The molecule has 7 heteroatoms. The fourth-order valence-corrected chi connectivity index (χ4v) is 5.92. The number of likely N-dealkylation sites (tertiary alicyclic amines) is 1. The molecular formula is C29H40FNO5. The van der Waals surface area contributed by atoms with E-state index in [0.29, 0.717) is 44.2 Å². The lowest BCUT2D eigenvalue weighted by Crippen LogP contribution is -2.39. The van der Waals surface area contributed by atoms with Crippen molar-refractivity contribution in [3.05, 3.63) is 46.3 Å². The monoisotopic (exact) mass is 501 g/mol. The van der Waals surface area contributed by atoms with Gasteiger partial charge in [-0.05, 0) is 61.8 Å². The number of halogens is 1. The third-order valence-electron chi connectivity index (χ3n) is 7.48. The molecule has 3 N–H and O–H groups in total. The lowest BCUT2D eigenvalue weighted by atomic mass is 9.67. The summed E-state index contributed by atoms with van der Waals surface area (Å²) < 4.78 is 13.8. The van der Waals surface area contributed by atoms with Gasteiger partial charge >= 0.3 is 0 Å². The fourth-order valence-electron chi connectivity index (χ4n) is 5.92. The van der Waals surface area contributed by atoms with Crippen molar-refractivity contribution in [3.8, 4) is 5.75 Å². The summed E-state index contributed by atoms with van der Waals surface area (Å²) in [6.07, 6.45) is 6.39. The molecule has 6 nitrogen and oxygen atoms in total. The van der Waals surface area contributed by atoms with Crippen LogP contribution in [0.2, 0.25) is 0 Å². The Morgan fingerprint density at radius 3 is 2.50 bits per heavy atom. The Kier molecular flexibility index (Phi) is 9.85. The molecular weight excluding hydrogens is 461 g/mol. The second kappa shape index (κ2) is 12.6. The minimum atomic E-state index is -0.843. The van der Waals surface area contributed by atoms with Crippen LogP contribution in [0.5, 0.6) is 5.75 Å². The SMILES string of the molecule is CCCC1=C([C@H](O)CC/C(=C/c2ccc(O)c(F)c2)CCC)[C@H](CO)[C@@H]2C(=O)N(CCC)C(=O)[C@@H]2C1. The first-order valence-electron chi connectivity index (χ1n) is 13.3. The van der Waals surface area contributed by atoms with Crippen molar-refractivity contribution in [3.63, 3.8) is 0 Å². The number of amides is 2. The summed E-state index contributed by atoms with van der Waals surface area (Å²) in [5.41, 5.74) is 3.42. The second-order valence-electron chi connectivity index (χ2n) is 10.1. The number of hydrogen-bond acceptors (Lipinski definition) is 5. The van der Waals surface area contributed by atoms with Crippen LogP contribution in [0.25, 0.3) is 6.08 Å². The highest BCUT2D eigenvalue weighted by atomic mass is 19.1. The summed E-state index contributed by atoms with van der Waals surface area (Å²) in [4.78, 5) is 27.5. The maximum absolute atomic E-state index is 13.8. The molecule has 0 unspecified atom stereocenters. The first-order chi connectivity index (χ1) is 17.3. The highest BCUT2D eigenvalue weighted by molar-refractivity contribution is 6.05. The summed E-state index contributed by atoms with van der Waals surface area (Å²) >= 11 is 0. The molecule has 1 aliphatic carbocycles. The number of aliphatic hydroxyl groups excluding tert-OH is 2. The van der Waals surface area contributed by atoms with E-state index >= 15 is 0 Å². The number of rotatable bonds is 12. The van der Waals surface area contributed by atoms with Crippen LogP contribution < -0.4 is 0 Å². The second-order valence-corrected chi connectivity index (χ2v) is 10.1. The quantitative estimate of drug-likeness (QED) is 0.277. The minimum absolute atomic E-state index is 0.151. The Morgan fingerprint density at radius 1 is 1.14 bits per heavy atom. The number of benzene rings is 1. The van der Waals surface area contributed by atoms with E-state index in [9.17, 15) is 29.3 Å². The van der Waals surface area contributed by atoms with Crippen LogP contribution in [0.1, 0.15) is 77.7 Å². The zero-order valence-corrected chi connectivity index (χ0v) is 21.7. The Morgan fingerprint density at radius 2 is 1.89 bits per heavy atom. The van der Waals surface area contributed by atoms with Gasteiger partial charge in [0.15, 0.2) is 11.6 Å². The normalized spacial score (nSPS) is 23.4. The summed E-state index contributed by atoms with van der Waals surface area (Å²) in [6.45, 7) is 6.12. The van der Waals surface area contributed by atoms with E-state index in [-0.39, 0.29) is 18.4 Å². The van der Waals surface area contributed by atoms with E-state index in [2.05, 4.69) is 6.92 Å². The van der Waals surface area contributed by atoms with Crippen LogP contribution in [0, 0.1) is 23.6 Å². The van der Waals surface area contributed by atoms with Crippen molar-refractivity contribution in [2.45, 2.75) is 78.2 Å². The van der Waals surface area contributed by atoms with Gasteiger partial charge in [0.1, 0.15) is 0 Å².